The molecular weight excluding hydrogens is 290 g/mol. The van der Waals surface area contributed by atoms with Crippen LogP contribution in [0.5, 0.6) is 0 Å². The first-order chi connectivity index (χ1) is 9.99. The molecule has 0 bridgehead atoms. The predicted molar refractivity (Wildman–Crippen MR) is 80.0 cm³/mol. The highest BCUT2D eigenvalue weighted by molar-refractivity contribution is 7.11. The molecule has 1 aliphatic rings. The Morgan fingerprint density at radius 2 is 2.29 bits per heavy atom. The van der Waals surface area contributed by atoms with Gasteiger partial charge < -0.3 is 16.4 Å². The number of Topliss-reactive ketones (excluding diaryl/α,β-unsaturated/α-hetero) is 1. The standard InChI is InChI=1S/C13H19N5O2S/c14-11(20)9(10(19)12-17-3-5-21-12)6-8-2-1-4-18(7-8)13(15)16/h3,5,8-9H,1-2,4,6-7H2,(H2,14,20)(H3,15,16). The van der Waals surface area contributed by atoms with Gasteiger partial charge in [0.05, 0.1) is 0 Å². The largest absolute Gasteiger partial charge is 0.370 e. The van der Waals surface area contributed by atoms with E-state index in [0.717, 1.165) is 19.4 Å². The van der Waals surface area contributed by atoms with Crippen molar-refractivity contribution in [1.82, 2.24) is 9.88 Å². The lowest BCUT2D eigenvalue weighted by Gasteiger charge is -2.33. The highest BCUT2D eigenvalue weighted by Gasteiger charge is 2.32. The van der Waals surface area contributed by atoms with Crippen molar-refractivity contribution >= 4 is 29.0 Å². The maximum Gasteiger partial charge on any atom is 0.228 e. The molecule has 0 saturated carbocycles. The Kier molecular flexibility index (Phi) is 4.89. The number of carbonyl (C=O) groups excluding carboxylic acids is 2. The molecule has 1 aromatic heterocycles. The van der Waals surface area contributed by atoms with E-state index in [4.69, 9.17) is 16.9 Å². The second kappa shape index (κ2) is 6.66. The number of piperidine rings is 1. The van der Waals surface area contributed by atoms with E-state index in [2.05, 4.69) is 4.98 Å². The summed E-state index contributed by atoms with van der Waals surface area (Å²) >= 11 is 1.21. The Morgan fingerprint density at radius 1 is 1.52 bits per heavy atom. The van der Waals surface area contributed by atoms with Crippen molar-refractivity contribution < 1.29 is 9.59 Å². The number of nitrogens with one attached hydrogen (secondary N) is 1. The lowest BCUT2D eigenvalue weighted by Crippen LogP contribution is -2.44. The number of amides is 1. The number of likely N-dealkylation sites (tertiary alicyclic amines) is 1. The number of guanidine groups is 1. The van der Waals surface area contributed by atoms with Crippen LogP contribution in [0, 0.1) is 17.2 Å². The minimum Gasteiger partial charge on any atom is -0.370 e. The molecule has 8 heteroatoms. The van der Waals surface area contributed by atoms with Gasteiger partial charge in [-0.15, -0.1) is 11.3 Å². The van der Waals surface area contributed by atoms with E-state index < -0.39 is 11.8 Å². The summed E-state index contributed by atoms with van der Waals surface area (Å²) in [5, 5.41) is 9.50. The van der Waals surface area contributed by atoms with Crippen molar-refractivity contribution in [2.45, 2.75) is 19.3 Å². The van der Waals surface area contributed by atoms with E-state index >= 15 is 0 Å². The minimum absolute atomic E-state index is 0.0292. The zero-order valence-electron chi connectivity index (χ0n) is 11.6. The van der Waals surface area contributed by atoms with Crippen LogP contribution in [-0.4, -0.2) is 40.6 Å². The normalized spacial score (nSPS) is 20.0. The Bertz CT molecular complexity index is 531. The monoisotopic (exact) mass is 309 g/mol. The van der Waals surface area contributed by atoms with Gasteiger partial charge in [0.1, 0.15) is 5.92 Å². The van der Waals surface area contributed by atoms with Crippen LogP contribution in [0.2, 0.25) is 0 Å². The van der Waals surface area contributed by atoms with Crippen molar-refractivity contribution in [3.05, 3.63) is 16.6 Å². The van der Waals surface area contributed by atoms with E-state index in [-0.39, 0.29) is 17.7 Å². The number of ketones is 1. The number of carbonyl (C=O) groups is 2. The molecule has 0 aromatic carbocycles. The number of nitrogens with zero attached hydrogens (tertiary/aromatic N) is 2. The Morgan fingerprint density at radius 3 is 2.86 bits per heavy atom. The second-order valence-corrected chi connectivity index (χ2v) is 6.13. The molecule has 1 aliphatic heterocycles. The zero-order valence-corrected chi connectivity index (χ0v) is 12.4. The van der Waals surface area contributed by atoms with Crippen molar-refractivity contribution in [3.63, 3.8) is 0 Å². The third-order valence-electron chi connectivity index (χ3n) is 3.73. The zero-order chi connectivity index (χ0) is 15.4. The summed E-state index contributed by atoms with van der Waals surface area (Å²) in [4.78, 5) is 29.6. The lowest BCUT2D eigenvalue weighted by molar-refractivity contribution is -0.120. The molecule has 1 fully saturated rings. The smallest absolute Gasteiger partial charge is 0.228 e. The molecule has 0 aliphatic carbocycles. The van der Waals surface area contributed by atoms with Crippen LogP contribution >= 0.6 is 11.3 Å². The quantitative estimate of drug-likeness (QED) is 0.314. The van der Waals surface area contributed by atoms with Gasteiger partial charge in [-0.2, -0.15) is 0 Å². The fourth-order valence-electron chi connectivity index (χ4n) is 2.66. The van der Waals surface area contributed by atoms with E-state index in [0.29, 0.717) is 18.0 Å². The van der Waals surface area contributed by atoms with Crippen LogP contribution in [0.15, 0.2) is 11.6 Å². The molecule has 2 rings (SSSR count). The highest BCUT2D eigenvalue weighted by atomic mass is 32.1. The summed E-state index contributed by atoms with van der Waals surface area (Å²) in [5.41, 5.74) is 10.9. The van der Waals surface area contributed by atoms with Gasteiger partial charge in [-0.05, 0) is 25.2 Å². The molecule has 21 heavy (non-hydrogen) atoms. The Balaban J connectivity index is 2.04. The summed E-state index contributed by atoms with van der Waals surface area (Å²) < 4.78 is 0. The summed E-state index contributed by atoms with van der Waals surface area (Å²) in [6.45, 7) is 1.33. The van der Waals surface area contributed by atoms with Crippen LogP contribution in [0.25, 0.3) is 0 Å². The SMILES string of the molecule is N=C(N)N1CCCC(CC(C(N)=O)C(=O)c2nccs2)C1. The molecule has 1 aromatic rings. The second-order valence-electron chi connectivity index (χ2n) is 5.23. The van der Waals surface area contributed by atoms with E-state index in [1.807, 2.05) is 0 Å². The van der Waals surface area contributed by atoms with E-state index in [9.17, 15) is 9.59 Å². The lowest BCUT2D eigenvalue weighted by atomic mass is 9.86. The van der Waals surface area contributed by atoms with Gasteiger partial charge in [0.15, 0.2) is 11.0 Å². The van der Waals surface area contributed by atoms with Crippen molar-refractivity contribution in [1.29, 1.82) is 5.41 Å². The van der Waals surface area contributed by atoms with Crippen molar-refractivity contribution in [3.8, 4) is 0 Å². The first-order valence-electron chi connectivity index (χ1n) is 6.81. The molecule has 1 amide bonds. The van der Waals surface area contributed by atoms with Gasteiger partial charge in [0, 0.05) is 24.7 Å². The molecule has 0 spiro atoms. The van der Waals surface area contributed by atoms with Gasteiger partial charge in [-0.25, -0.2) is 4.98 Å². The fourth-order valence-corrected chi connectivity index (χ4v) is 3.29. The van der Waals surface area contributed by atoms with Gasteiger partial charge in [-0.3, -0.25) is 15.0 Å². The van der Waals surface area contributed by atoms with Crippen LogP contribution in [0.4, 0.5) is 0 Å². The average molecular weight is 309 g/mol. The van der Waals surface area contributed by atoms with Gasteiger partial charge in [-0.1, -0.05) is 0 Å². The van der Waals surface area contributed by atoms with Crippen LogP contribution < -0.4 is 11.5 Å². The van der Waals surface area contributed by atoms with Crippen molar-refractivity contribution in [2.24, 2.45) is 23.3 Å². The molecule has 2 unspecified atom stereocenters. The number of nitrogens with two attached hydrogens (primary N) is 2. The van der Waals surface area contributed by atoms with E-state index in [1.54, 1.807) is 10.3 Å². The number of thiazole rings is 1. The number of hydrogen-bond donors (Lipinski definition) is 3. The Labute approximate surface area is 126 Å². The van der Waals surface area contributed by atoms with Crippen LogP contribution in [0.3, 0.4) is 0 Å². The summed E-state index contributed by atoms with van der Waals surface area (Å²) in [6, 6.07) is 0. The Hall–Kier alpha value is -1.96. The summed E-state index contributed by atoms with van der Waals surface area (Å²) in [6.07, 6.45) is 3.71. The predicted octanol–water partition coefficient (Wildman–Crippen LogP) is 0.423. The molecule has 0 radical (unpaired) electrons. The topological polar surface area (TPSA) is 126 Å². The van der Waals surface area contributed by atoms with Gasteiger partial charge >= 0.3 is 0 Å². The number of hydrogen-bond acceptors (Lipinski definition) is 5. The number of primary amides is 1. The highest BCUT2D eigenvalue weighted by Crippen LogP contribution is 2.25. The fraction of sp³-hybridized carbons (Fsp3) is 0.538. The first kappa shape index (κ1) is 15.4. The van der Waals surface area contributed by atoms with Gasteiger partial charge in [0.25, 0.3) is 0 Å². The third kappa shape index (κ3) is 3.78. The first-order valence-corrected chi connectivity index (χ1v) is 7.69. The number of aromatic nitrogens is 1. The van der Waals surface area contributed by atoms with Crippen LogP contribution in [-0.2, 0) is 4.79 Å². The minimum atomic E-state index is -0.854. The molecule has 2 atom stereocenters. The average Bonchev–Trinajstić information content (AvgIpc) is 2.98. The molecule has 114 valence electrons. The summed E-state index contributed by atoms with van der Waals surface area (Å²) in [5.74, 6) is -1.62. The molecule has 1 saturated heterocycles. The van der Waals surface area contributed by atoms with E-state index in [1.165, 1.54) is 17.5 Å². The molecule has 2 heterocycles. The third-order valence-corrected chi connectivity index (χ3v) is 4.52. The molecule has 5 N–H and O–H groups in total. The number of rotatable bonds is 5. The molecular formula is C13H19N5O2S. The summed E-state index contributed by atoms with van der Waals surface area (Å²) in [7, 11) is 0. The van der Waals surface area contributed by atoms with Crippen LogP contribution in [0.1, 0.15) is 29.1 Å². The maximum absolute atomic E-state index is 12.3. The maximum atomic E-state index is 12.3. The molecule has 7 nitrogen and oxygen atoms in total. The van der Waals surface area contributed by atoms with Gasteiger partial charge in [0.2, 0.25) is 11.7 Å². The van der Waals surface area contributed by atoms with Crippen molar-refractivity contribution in [2.75, 3.05) is 13.1 Å².